The summed E-state index contributed by atoms with van der Waals surface area (Å²) in [6.07, 6.45) is 16.1. The van der Waals surface area contributed by atoms with Crippen molar-refractivity contribution in [3.8, 4) is 0 Å². The van der Waals surface area contributed by atoms with Crippen molar-refractivity contribution in [2.45, 2.75) is 0 Å². The monoisotopic (exact) mass is 772 g/mol. The molecule has 5 rings (SSSR count). The van der Waals surface area contributed by atoms with Gasteiger partial charge in [0.1, 0.15) is 0 Å². The first-order valence-electron chi connectivity index (χ1n) is 13.8. The van der Waals surface area contributed by atoms with Gasteiger partial charge in [-0.15, -0.1) is 0 Å². The zero-order chi connectivity index (χ0) is 35.1. The number of pyridine rings is 2. The summed E-state index contributed by atoms with van der Waals surface area (Å²) in [5.41, 5.74) is 1.15. The summed E-state index contributed by atoms with van der Waals surface area (Å²) in [6, 6.07) is 25.4. The molecule has 0 aliphatic carbocycles. The number of halogens is 2. The summed E-state index contributed by atoms with van der Waals surface area (Å²) in [6.45, 7) is 0. The Kier molecular flexibility index (Phi) is 14.1. The van der Waals surface area contributed by atoms with E-state index in [4.69, 9.17) is 10.2 Å². The minimum absolute atomic E-state index is 0.386. The van der Waals surface area contributed by atoms with Gasteiger partial charge in [0.2, 0.25) is 0 Å². The van der Waals surface area contributed by atoms with E-state index in [2.05, 4.69) is 90.4 Å². The van der Waals surface area contributed by atoms with Crippen LogP contribution in [0, 0.1) is 0 Å². The van der Waals surface area contributed by atoms with Crippen LogP contribution < -0.4 is 20.2 Å². The van der Waals surface area contributed by atoms with E-state index in [0.29, 0.717) is 12.1 Å². The standard InChI is InChI=1S/2C13H10BrN.C10H6O8/c2*14-13-5-3-11(4-6-13)1-2-12-7-9-15-10-8-12;11-7(12)3-1-4(8(13)14)6(10(17)18)2-5(3)9(15)16/h2*1-10H;1-2H,(H,11,12)(H,13,14)(H,15,16)(H,17,18)/b2*2-1+;. The summed E-state index contributed by atoms with van der Waals surface area (Å²) >= 11 is 6.83. The fourth-order valence-electron chi connectivity index (χ4n) is 3.85. The molecule has 0 radical (unpaired) electrons. The summed E-state index contributed by atoms with van der Waals surface area (Å²) < 4.78 is 2.21. The lowest BCUT2D eigenvalue weighted by Gasteiger charge is -2.13. The van der Waals surface area contributed by atoms with Crippen LogP contribution in [0.3, 0.4) is 0 Å². The normalized spacial score (nSPS) is 10.4. The molecule has 0 saturated carbocycles. The summed E-state index contributed by atoms with van der Waals surface area (Å²) in [5.74, 6) is -7.32. The van der Waals surface area contributed by atoms with Gasteiger partial charge in [-0.1, -0.05) is 80.4 Å². The molecule has 0 aliphatic rings. The molecule has 4 N–H and O–H groups in total. The lowest BCUT2D eigenvalue weighted by atomic mass is 9.98. The fourth-order valence-corrected chi connectivity index (χ4v) is 4.37. The number of aromatic carboxylic acids is 4. The molecule has 0 saturated heterocycles. The van der Waals surface area contributed by atoms with Gasteiger partial charge in [0, 0.05) is 44.3 Å². The first-order valence-corrected chi connectivity index (χ1v) is 15.4. The Morgan fingerprint density at radius 3 is 1.02 bits per heavy atom. The second-order valence-corrected chi connectivity index (χ2v) is 11.4. The highest BCUT2D eigenvalue weighted by molar-refractivity contribution is 9.10. The second-order valence-electron chi connectivity index (χ2n) is 9.57. The van der Waals surface area contributed by atoms with Crippen molar-refractivity contribution in [1.82, 2.24) is 0 Å². The average molecular weight is 774 g/mol. The first kappa shape index (κ1) is 36.7. The van der Waals surface area contributed by atoms with Gasteiger partial charge in [0.05, 0.1) is 23.1 Å². The number of hydrogen-bond acceptors (Lipinski definition) is 6. The molecule has 2 heterocycles. The van der Waals surface area contributed by atoms with Crippen LogP contribution in [-0.4, -0.2) is 34.1 Å². The Morgan fingerprint density at radius 2 is 0.750 bits per heavy atom. The third-order valence-corrected chi connectivity index (χ3v) is 7.28. The number of nitrogens with one attached hydrogen (secondary N) is 2. The Hall–Kier alpha value is -5.72. The number of hydrogen-bond donors (Lipinski definition) is 2. The third kappa shape index (κ3) is 11.9. The van der Waals surface area contributed by atoms with E-state index in [1.807, 2.05) is 73.3 Å². The molecule has 0 atom stereocenters. The number of aromatic amines is 2. The van der Waals surface area contributed by atoms with Crippen LogP contribution in [0.1, 0.15) is 63.7 Å². The number of benzene rings is 3. The summed E-state index contributed by atoms with van der Waals surface area (Å²) in [7, 11) is 0. The van der Waals surface area contributed by atoms with Gasteiger partial charge in [-0.25, -0.2) is 19.6 Å². The van der Waals surface area contributed by atoms with Crippen molar-refractivity contribution in [2.75, 3.05) is 0 Å². The molecule has 0 aliphatic heterocycles. The SMILES string of the molecule is Brc1ccc(/C=C/c2cc[nH+]cc2)cc1.Brc1ccc(/C=C/c2cc[nH+]cc2)cc1.O=C([O-])c1cc(C(=O)[O-])c(C(=O)O)cc1C(=O)O. The smallest absolute Gasteiger partial charge is 0.336 e. The Morgan fingerprint density at radius 1 is 0.479 bits per heavy atom. The van der Waals surface area contributed by atoms with Crippen LogP contribution in [0.15, 0.2) is 119 Å². The van der Waals surface area contributed by atoms with Crippen LogP contribution in [0.5, 0.6) is 0 Å². The number of H-pyrrole nitrogens is 2. The van der Waals surface area contributed by atoms with E-state index in [0.717, 1.165) is 8.95 Å². The van der Waals surface area contributed by atoms with Crippen LogP contribution >= 0.6 is 31.9 Å². The molecule has 2 aromatic heterocycles. The molecule has 242 valence electrons. The predicted molar refractivity (Wildman–Crippen MR) is 181 cm³/mol. The molecule has 12 heteroatoms. The molecule has 0 bridgehead atoms. The Balaban J connectivity index is 0.000000196. The second kappa shape index (κ2) is 18.4. The van der Waals surface area contributed by atoms with Crippen molar-refractivity contribution in [3.05, 3.63) is 163 Å². The van der Waals surface area contributed by atoms with E-state index in [1.54, 1.807) is 0 Å². The number of carbonyl (C=O) groups excluding carboxylic acids is 2. The zero-order valence-electron chi connectivity index (χ0n) is 24.8. The number of rotatable bonds is 8. The first-order chi connectivity index (χ1) is 22.9. The van der Waals surface area contributed by atoms with Gasteiger partial charge in [0.25, 0.3) is 0 Å². The molecule has 0 unspecified atom stereocenters. The van der Waals surface area contributed by atoms with Crippen LogP contribution in [0.4, 0.5) is 0 Å². The average Bonchev–Trinajstić information content (AvgIpc) is 3.08. The van der Waals surface area contributed by atoms with Crippen molar-refractivity contribution in [2.24, 2.45) is 0 Å². The highest BCUT2D eigenvalue weighted by Crippen LogP contribution is 2.18. The Labute approximate surface area is 291 Å². The van der Waals surface area contributed by atoms with Crippen LogP contribution in [0.25, 0.3) is 24.3 Å². The molecule has 0 spiro atoms. The molecular formula is C36H26Br2N2O8. The van der Waals surface area contributed by atoms with E-state index in [1.165, 1.54) is 22.3 Å². The van der Waals surface area contributed by atoms with Gasteiger partial charge in [-0.05, 0) is 58.7 Å². The van der Waals surface area contributed by atoms with E-state index < -0.39 is 46.1 Å². The maximum Gasteiger partial charge on any atom is 0.336 e. The minimum Gasteiger partial charge on any atom is -0.545 e. The maximum atomic E-state index is 10.7. The van der Waals surface area contributed by atoms with Crippen molar-refractivity contribution < 1.29 is 49.6 Å². The fraction of sp³-hybridized carbons (Fsp3) is 0. The maximum absolute atomic E-state index is 10.7. The number of aromatic nitrogens is 2. The van der Waals surface area contributed by atoms with Crippen LogP contribution in [0.2, 0.25) is 0 Å². The number of carboxylic acid groups (broad SMARTS) is 4. The predicted octanol–water partition coefficient (Wildman–Crippen LogP) is 4.68. The largest absolute Gasteiger partial charge is 0.545 e. The van der Waals surface area contributed by atoms with Crippen LogP contribution in [-0.2, 0) is 0 Å². The van der Waals surface area contributed by atoms with Gasteiger partial charge in [0.15, 0.2) is 24.8 Å². The van der Waals surface area contributed by atoms with E-state index >= 15 is 0 Å². The molecule has 0 fully saturated rings. The molecule has 48 heavy (non-hydrogen) atoms. The van der Waals surface area contributed by atoms with Crippen molar-refractivity contribution in [3.63, 3.8) is 0 Å². The zero-order valence-corrected chi connectivity index (χ0v) is 28.0. The van der Waals surface area contributed by atoms with Gasteiger partial charge >= 0.3 is 11.9 Å². The Bertz CT molecular complexity index is 1740. The number of carbonyl (C=O) groups is 4. The summed E-state index contributed by atoms with van der Waals surface area (Å²) in [4.78, 5) is 48.8. The lowest BCUT2D eigenvalue weighted by molar-refractivity contribution is -0.378. The quantitative estimate of drug-likeness (QED) is 0.228. The molecule has 0 amide bonds. The number of carboxylic acids is 4. The molecule has 5 aromatic rings. The minimum atomic E-state index is -1.94. The van der Waals surface area contributed by atoms with Crippen molar-refractivity contribution in [1.29, 1.82) is 0 Å². The lowest BCUT2D eigenvalue weighted by Crippen LogP contribution is -2.29. The molecule has 10 nitrogen and oxygen atoms in total. The highest BCUT2D eigenvalue weighted by Gasteiger charge is 2.19. The van der Waals surface area contributed by atoms with Gasteiger partial charge < -0.3 is 30.0 Å². The van der Waals surface area contributed by atoms with E-state index in [9.17, 15) is 29.4 Å². The molecule has 3 aromatic carbocycles. The van der Waals surface area contributed by atoms with E-state index in [-0.39, 0.29) is 0 Å². The summed E-state index contributed by atoms with van der Waals surface area (Å²) in [5, 5.41) is 38.7. The third-order valence-electron chi connectivity index (χ3n) is 6.22. The van der Waals surface area contributed by atoms with Gasteiger partial charge in [-0.3, -0.25) is 0 Å². The molecular weight excluding hydrogens is 748 g/mol. The highest BCUT2D eigenvalue weighted by atomic mass is 79.9. The van der Waals surface area contributed by atoms with Crippen molar-refractivity contribution >= 4 is 80.0 Å². The van der Waals surface area contributed by atoms with Gasteiger partial charge in [-0.2, -0.15) is 0 Å². The topological polar surface area (TPSA) is 183 Å².